The molecule has 2 fully saturated rings. The fourth-order valence-electron chi connectivity index (χ4n) is 4.16. The van der Waals surface area contributed by atoms with E-state index in [9.17, 15) is 0 Å². The van der Waals surface area contributed by atoms with E-state index in [4.69, 9.17) is 0 Å². The highest BCUT2D eigenvalue weighted by Crippen LogP contribution is 2.27. The highest BCUT2D eigenvalue weighted by molar-refractivity contribution is 5.37. The van der Waals surface area contributed by atoms with Crippen molar-refractivity contribution in [3.05, 3.63) is 42.4 Å². The molecule has 3 heterocycles. The molecule has 2 aromatic rings. The zero-order valence-electron chi connectivity index (χ0n) is 15.1. The van der Waals surface area contributed by atoms with Crippen LogP contribution in [0.3, 0.4) is 0 Å². The quantitative estimate of drug-likeness (QED) is 0.854. The molecule has 5 heteroatoms. The topological polar surface area (TPSA) is 37.2 Å². The lowest BCUT2D eigenvalue weighted by atomic mass is 9.96. The van der Waals surface area contributed by atoms with E-state index in [0.717, 1.165) is 38.5 Å². The minimum Gasteiger partial charge on any atom is -0.355 e. The Morgan fingerprint density at radius 2 is 1.88 bits per heavy atom. The van der Waals surface area contributed by atoms with Crippen LogP contribution in [0.15, 0.2) is 36.8 Å². The van der Waals surface area contributed by atoms with Gasteiger partial charge in [0.05, 0.1) is 12.2 Å². The van der Waals surface area contributed by atoms with Crippen molar-refractivity contribution in [2.75, 3.05) is 31.1 Å². The lowest BCUT2D eigenvalue weighted by Gasteiger charge is -2.23. The molecule has 2 aromatic heterocycles. The standard InChI is InChI=1S/C20H29N5/c1-2-7-19(8-3-1)25-17-18(15-22-25)16-23-11-6-12-24(14-13-23)20-9-4-5-10-21-20/h4-5,9-10,15,17,19H,1-3,6-8,11-14,16H2. The van der Waals surface area contributed by atoms with Gasteiger partial charge in [0.25, 0.3) is 0 Å². The Morgan fingerprint density at radius 1 is 0.960 bits per heavy atom. The van der Waals surface area contributed by atoms with E-state index in [1.54, 1.807) is 0 Å². The lowest BCUT2D eigenvalue weighted by molar-refractivity contribution is 0.284. The Labute approximate surface area is 150 Å². The van der Waals surface area contributed by atoms with E-state index in [-0.39, 0.29) is 0 Å². The first kappa shape index (κ1) is 16.6. The minimum atomic E-state index is 0.631. The second-order valence-corrected chi connectivity index (χ2v) is 7.43. The molecule has 1 aliphatic heterocycles. The third-order valence-corrected chi connectivity index (χ3v) is 5.57. The second kappa shape index (κ2) is 8.00. The molecule has 4 rings (SSSR count). The molecule has 1 saturated heterocycles. The predicted molar refractivity (Wildman–Crippen MR) is 101 cm³/mol. The van der Waals surface area contributed by atoms with Crippen molar-refractivity contribution in [2.45, 2.75) is 51.1 Å². The number of pyridine rings is 1. The molecule has 0 amide bonds. The maximum atomic E-state index is 4.66. The monoisotopic (exact) mass is 339 g/mol. The molecule has 0 spiro atoms. The van der Waals surface area contributed by atoms with Gasteiger partial charge in [-0.2, -0.15) is 5.10 Å². The maximum Gasteiger partial charge on any atom is 0.128 e. The van der Waals surface area contributed by atoms with Gasteiger partial charge >= 0.3 is 0 Å². The largest absolute Gasteiger partial charge is 0.355 e. The van der Waals surface area contributed by atoms with E-state index in [2.05, 4.69) is 49.1 Å². The van der Waals surface area contributed by atoms with Gasteiger partial charge in [0, 0.05) is 50.7 Å². The van der Waals surface area contributed by atoms with Gasteiger partial charge in [-0.05, 0) is 31.4 Å². The van der Waals surface area contributed by atoms with Crippen molar-refractivity contribution < 1.29 is 0 Å². The molecule has 0 unspecified atom stereocenters. The summed E-state index contributed by atoms with van der Waals surface area (Å²) >= 11 is 0. The number of nitrogens with zero attached hydrogens (tertiary/aromatic N) is 5. The van der Waals surface area contributed by atoms with E-state index >= 15 is 0 Å². The maximum absolute atomic E-state index is 4.66. The predicted octanol–water partition coefficient (Wildman–Crippen LogP) is 3.50. The SMILES string of the molecule is c1ccc(N2CCCN(Cc3cnn(C4CCCCC4)c3)CC2)nc1. The summed E-state index contributed by atoms with van der Waals surface area (Å²) in [5.41, 5.74) is 1.36. The fourth-order valence-corrected chi connectivity index (χ4v) is 4.16. The van der Waals surface area contributed by atoms with Gasteiger partial charge in [-0.3, -0.25) is 9.58 Å². The summed E-state index contributed by atoms with van der Waals surface area (Å²) in [5, 5.41) is 4.66. The molecular formula is C20H29N5. The average Bonchev–Trinajstić information content (AvgIpc) is 3.01. The number of rotatable bonds is 4. The molecule has 0 N–H and O–H groups in total. The van der Waals surface area contributed by atoms with Gasteiger partial charge in [0.2, 0.25) is 0 Å². The Hall–Kier alpha value is -1.88. The number of aromatic nitrogens is 3. The summed E-state index contributed by atoms with van der Waals surface area (Å²) in [6, 6.07) is 6.80. The molecule has 0 aromatic carbocycles. The molecule has 134 valence electrons. The van der Waals surface area contributed by atoms with Gasteiger partial charge in [0.1, 0.15) is 5.82 Å². The fraction of sp³-hybridized carbons (Fsp3) is 0.600. The van der Waals surface area contributed by atoms with Crippen LogP contribution in [0.25, 0.3) is 0 Å². The Morgan fingerprint density at radius 3 is 2.72 bits per heavy atom. The van der Waals surface area contributed by atoms with Crippen LogP contribution in [0.1, 0.15) is 50.1 Å². The third-order valence-electron chi connectivity index (χ3n) is 5.57. The van der Waals surface area contributed by atoms with Crippen molar-refractivity contribution >= 4 is 5.82 Å². The minimum absolute atomic E-state index is 0.631. The van der Waals surface area contributed by atoms with Gasteiger partial charge in [-0.1, -0.05) is 25.3 Å². The molecule has 0 atom stereocenters. The molecule has 5 nitrogen and oxygen atoms in total. The van der Waals surface area contributed by atoms with Crippen molar-refractivity contribution in [1.29, 1.82) is 0 Å². The van der Waals surface area contributed by atoms with Crippen LogP contribution < -0.4 is 4.90 Å². The summed E-state index contributed by atoms with van der Waals surface area (Å²) in [6.45, 7) is 5.40. The number of hydrogen-bond acceptors (Lipinski definition) is 4. The summed E-state index contributed by atoms with van der Waals surface area (Å²) < 4.78 is 2.23. The molecular weight excluding hydrogens is 310 g/mol. The van der Waals surface area contributed by atoms with Crippen molar-refractivity contribution in [3.63, 3.8) is 0 Å². The van der Waals surface area contributed by atoms with Crippen molar-refractivity contribution in [2.24, 2.45) is 0 Å². The highest BCUT2D eigenvalue weighted by Gasteiger charge is 2.18. The number of anilines is 1. The van der Waals surface area contributed by atoms with Crippen LogP contribution in [0.2, 0.25) is 0 Å². The summed E-state index contributed by atoms with van der Waals surface area (Å²) in [5.74, 6) is 1.11. The molecule has 25 heavy (non-hydrogen) atoms. The first-order chi connectivity index (χ1) is 12.4. The molecule has 0 radical (unpaired) electrons. The molecule has 0 bridgehead atoms. The van der Waals surface area contributed by atoms with Crippen LogP contribution in [0.4, 0.5) is 5.82 Å². The van der Waals surface area contributed by atoms with Crippen LogP contribution in [-0.2, 0) is 6.54 Å². The Bertz CT molecular complexity index is 647. The van der Waals surface area contributed by atoms with E-state index in [1.165, 1.54) is 44.1 Å². The average molecular weight is 339 g/mol. The van der Waals surface area contributed by atoms with Crippen LogP contribution in [0, 0.1) is 0 Å². The first-order valence-electron chi connectivity index (χ1n) is 9.80. The van der Waals surface area contributed by atoms with Crippen LogP contribution >= 0.6 is 0 Å². The zero-order valence-corrected chi connectivity index (χ0v) is 15.1. The van der Waals surface area contributed by atoms with E-state index < -0.39 is 0 Å². The molecule has 2 aliphatic rings. The van der Waals surface area contributed by atoms with Crippen LogP contribution in [-0.4, -0.2) is 45.8 Å². The van der Waals surface area contributed by atoms with Crippen molar-refractivity contribution in [1.82, 2.24) is 19.7 Å². The van der Waals surface area contributed by atoms with E-state index in [1.807, 2.05) is 12.3 Å². The first-order valence-corrected chi connectivity index (χ1v) is 9.80. The molecule has 1 saturated carbocycles. The smallest absolute Gasteiger partial charge is 0.128 e. The summed E-state index contributed by atoms with van der Waals surface area (Å²) in [7, 11) is 0. The second-order valence-electron chi connectivity index (χ2n) is 7.43. The van der Waals surface area contributed by atoms with Gasteiger partial charge < -0.3 is 4.90 Å². The van der Waals surface area contributed by atoms with Gasteiger partial charge in [0.15, 0.2) is 0 Å². The lowest BCUT2D eigenvalue weighted by Crippen LogP contribution is -2.30. The Balaban J connectivity index is 1.33. The van der Waals surface area contributed by atoms with E-state index in [0.29, 0.717) is 6.04 Å². The molecule has 1 aliphatic carbocycles. The third kappa shape index (κ3) is 4.21. The summed E-state index contributed by atoms with van der Waals surface area (Å²) in [4.78, 5) is 9.47. The van der Waals surface area contributed by atoms with Gasteiger partial charge in [-0.25, -0.2) is 4.98 Å². The summed E-state index contributed by atoms with van der Waals surface area (Å²) in [6.07, 6.45) is 14.1. The number of hydrogen-bond donors (Lipinski definition) is 0. The van der Waals surface area contributed by atoms with Crippen molar-refractivity contribution in [3.8, 4) is 0 Å². The highest BCUT2D eigenvalue weighted by atomic mass is 15.3. The van der Waals surface area contributed by atoms with Crippen LogP contribution in [0.5, 0.6) is 0 Å². The zero-order chi connectivity index (χ0) is 16.9. The van der Waals surface area contributed by atoms with Gasteiger partial charge in [-0.15, -0.1) is 0 Å². The Kier molecular flexibility index (Phi) is 5.31. The normalized spacial score (nSPS) is 20.6.